The van der Waals surface area contributed by atoms with Crippen LogP contribution in [0.5, 0.6) is 0 Å². The lowest BCUT2D eigenvalue weighted by Gasteiger charge is -2.20. The first-order chi connectivity index (χ1) is 8.56. The maximum Gasteiger partial charge on any atom is 0.0371 e. The average molecular weight is 247 g/mol. The van der Waals surface area contributed by atoms with Crippen LogP contribution in [-0.2, 0) is 0 Å². The van der Waals surface area contributed by atoms with E-state index in [4.69, 9.17) is 5.73 Å². The fourth-order valence-electron chi connectivity index (χ4n) is 2.64. The number of nitrogens with two attached hydrogens (primary N) is 1. The van der Waals surface area contributed by atoms with Gasteiger partial charge in [-0.15, -0.1) is 0 Å². The number of nitrogens with zero attached hydrogens (tertiary/aromatic N) is 1. The Morgan fingerprint density at radius 1 is 1.44 bits per heavy atom. The van der Waals surface area contributed by atoms with Crippen molar-refractivity contribution in [3.8, 4) is 0 Å². The Bertz CT molecular complexity index is 401. The molecule has 0 saturated carbocycles. The summed E-state index contributed by atoms with van der Waals surface area (Å²) in [6.07, 6.45) is 1.30. The summed E-state index contributed by atoms with van der Waals surface area (Å²) in [6, 6.07) is 6.75. The van der Waals surface area contributed by atoms with Crippen LogP contribution in [0.3, 0.4) is 0 Å². The predicted octanol–water partition coefficient (Wildman–Crippen LogP) is 2.72. The molecule has 0 bridgehead atoms. The van der Waals surface area contributed by atoms with Crippen molar-refractivity contribution >= 4 is 11.4 Å². The average Bonchev–Trinajstić information content (AvgIpc) is 2.76. The Kier molecular flexibility index (Phi) is 4.12. The second kappa shape index (κ2) is 5.61. The molecule has 1 aliphatic rings. The third-order valence-electron chi connectivity index (χ3n) is 3.88. The van der Waals surface area contributed by atoms with Crippen molar-refractivity contribution in [2.24, 2.45) is 5.92 Å². The molecule has 0 aliphatic carbocycles. The second-order valence-electron chi connectivity index (χ2n) is 5.70. The molecule has 0 aromatic heterocycles. The third-order valence-corrected chi connectivity index (χ3v) is 3.88. The lowest BCUT2D eigenvalue weighted by Crippen LogP contribution is -2.29. The Hall–Kier alpha value is -1.22. The molecule has 3 N–H and O–H groups in total. The fraction of sp³-hybridized carbons (Fsp3) is 0.600. The minimum absolute atomic E-state index is 0.674. The molecule has 1 fully saturated rings. The maximum absolute atomic E-state index is 5.76. The molecule has 1 aromatic rings. The van der Waals surface area contributed by atoms with Crippen LogP contribution in [0, 0.1) is 12.8 Å². The van der Waals surface area contributed by atoms with Gasteiger partial charge < -0.3 is 16.0 Å². The lowest BCUT2D eigenvalue weighted by molar-refractivity contribution is 0.266. The van der Waals surface area contributed by atoms with Gasteiger partial charge in [0.1, 0.15) is 0 Å². The highest BCUT2D eigenvalue weighted by Crippen LogP contribution is 2.21. The highest BCUT2D eigenvalue weighted by atomic mass is 15.2. The molecular formula is C15H25N3. The van der Waals surface area contributed by atoms with Crippen molar-refractivity contribution in [1.82, 2.24) is 4.90 Å². The molecule has 3 nitrogen and oxygen atoms in total. The van der Waals surface area contributed by atoms with E-state index in [1.165, 1.54) is 30.8 Å². The molecule has 1 atom stereocenters. The van der Waals surface area contributed by atoms with Crippen LogP contribution in [-0.4, -0.2) is 30.6 Å². The molecule has 1 aromatic carbocycles. The molecule has 0 amide bonds. The molecule has 18 heavy (non-hydrogen) atoms. The summed E-state index contributed by atoms with van der Waals surface area (Å²) in [6.45, 7) is 10.2. The Labute approximate surface area is 110 Å². The van der Waals surface area contributed by atoms with Gasteiger partial charge in [0.2, 0.25) is 0 Å². The van der Waals surface area contributed by atoms with E-state index in [-0.39, 0.29) is 0 Å². The summed E-state index contributed by atoms with van der Waals surface area (Å²) in [5, 5.41) is 3.56. The van der Waals surface area contributed by atoms with E-state index in [1.807, 2.05) is 12.1 Å². The van der Waals surface area contributed by atoms with Crippen molar-refractivity contribution in [2.45, 2.75) is 33.2 Å². The molecule has 0 radical (unpaired) electrons. The van der Waals surface area contributed by atoms with Gasteiger partial charge in [0.15, 0.2) is 0 Å². The van der Waals surface area contributed by atoms with Crippen LogP contribution < -0.4 is 11.1 Å². The molecule has 0 spiro atoms. The zero-order valence-corrected chi connectivity index (χ0v) is 11.7. The van der Waals surface area contributed by atoms with E-state index >= 15 is 0 Å². The van der Waals surface area contributed by atoms with Crippen LogP contribution in [0.4, 0.5) is 11.4 Å². The van der Waals surface area contributed by atoms with Crippen molar-refractivity contribution in [3.63, 3.8) is 0 Å². The zero-order chi connectivity index (χ0) is 13.1. The fourth-order valence-corrected chi connectivity index (χ4v) is 2.64. The van der Waals surface area contributed by atoms with Gasteiger partial charge in [0.25, 0.3) is 0 Å². The van der Waals surface area contributed by atoms with Crippen LogP contribution >= 0.6 is 0 Å². The summed E-state index contributed by atoms with van der Waals surface area (Å²) in [4.78, 5) is 2.56. The molecule has 3 heteroatoms. The van der Waals surface area contributed by atoms with Gasteiger partial charge in [-0.2, -0.15) is 0 Å². The van der Waals surface area contributed by atoms with Crippen LogP contribution in [0.25, 0.3) is 0 Å². The summed E-state index contributed by atoms with van der Waals surface area (Å²) >= 11 is 0. The van der Waals surface area contributed by atoms with E-state index in [0.29, 0.717) is 6.04 Å². The van der Waals surface area contributed by atoms with Crippen molar-refractivity contribution in [3.05, 3.63) is 23.8 Å². The standard InChI is InChI=1S/C15H25N3/c1-11(2)18-7-6-13(10-18)9-17-15-5-4-14(16)8-12(15)3/h4-5,8,11,13,17H,6-7,9-10,16H2,1-3H3. The minimum atomic E-state index is 0.674. The van der Waals surface area contributed by atoms with E-state index in [9.17, 15) is 0 Å². The largest absolute Gasteiger partial charge is 0.399 e. The zero-order valence-electron chi connectivity index (χ0n) is 11.7. The van der Waals surface area contributed by atoms with E-state index in [0.717, 1.165) is 18.2 Å². The van der Waals surface area contributed by atoms with Crippen molar-refractivity contribution in [2.75, 3.05) is 30.7 Å². The Morgan fingerprint density at radius 2 is 2.22 bits per heavy atom. The van der Waals surface area contributed by atoms with Gasteiger partial charge in [-0.1, -0.05) is 0 Å². The van der Waals surface area contributed by atoms with Crippen LogP contribution in [0.15, 0.2) is 18.2 Å². The molecule has 1 heterocycles. The van der Waals surface area contributed by atoms with Gasteiger partial charge in [-0.05, 0) is 63.4 Å². The molecule has 2 rings (SSSR count). The number of nitrogen functional groups attached to an aromatic ring is 1. The van der Waals surface area contributed by atoms with Crippen molar-refractivity contribution < 1.29 is 0 Å². The topological polar surface area (TPSA) is 41.3 Å². The van der Waals surface area contributed by atoms with E-state index < -0.39 is 0 Å². The van der Waals surface area contributed by atoms with Gasteiger partial charge in [-0.25, -0.2) is 0 Å². The molecule has 1 unspecified atom stereocenters. The summed E-state index contributed by atoms with van der Waals surface area (Å²) in [5.74, 6) is 0.768. The highest BCUT2D eigenvalue weighted by Gasteiger charge is 2.23. The van der Waals surface area contributed by atoms with Gasteiger partial charge in [-0.3, -0.25) is 0 Å². The van der Waals surface area contributed by atoms with E-state index in [1.54, 1.807) is 0 Å². The number of nitrogens with one attached hydrogen (secondary N) is 1. The summed E-state index contributed by atoms with van der Waals surface area (Å²) < 4.78 is 0. The quantitative estimate of drug-likeness (QED) is 0.804. The van der Waals surface area contributed by atoms with Gasteiger partial charge in [0.05, 0.1) is 0 Å². The van der Waals surface area contributed by atoms with Crippen LogP contribution in [0.1, 0.15) is 25.8 Å². The number of likely N-dealkylation sites (tertiary alicyclic amines) is 1. The first-order valence-corrected chi connectivity index (χ1v) is 6.90. The van der Waals surface area contributed by atoms with E-state index in [2.05, 4.69) is 37.1 Å². The van der Waals surface area contributed by atoms with Crippen molar-refractivity contribution in [1.29, 1.82) is 0 Å². The van der Waals surface area contributed by atoms with Gasteiger partial charge in [0, 0.05) is 30.5 Å². The first-order valence-electron chi connectivity index (χ1n) is 6.90. The number of hydrogen-bond acceptors (Lipinski definition) is 3. The number of hydrogen-bond donors (Lipinski definition) is 2. The number of benzene rings is 1. The summed E-state index contributed by atoms with van der Waals surface area (Å²) in [5.41, 5.74) is 9.05. The number of aryl methyl sites for hydroxylation is 1. The molecule has 1 saturated heterocycles. The molecular weight excluding hydrogens is 222 g/mol. The predicted molar refractivity (Wildman–Crippen MR) is 78.9 cm³/mol. The minimum Gasteiger partial charge on any atom is -0.399 e. The maximum atomic E-state index is 5.76. The number of anilines is 2. The third kappa shape index (κ3) is 3.16. The summed E-state index contributed by atoms with van der Waals surface area (Å²) in [7, 11) is 0. The monoisotopic (exact) mass is 247 g/mol. The molecule has 1 aliphatic heterocycles. The smallest absolute Gasteiger partial charge is 0.0371 e. The first kappa shape index (κ1) is 13.2. The second-order valence-corrected chi connectivity index (χ2v) is 5.70. The van der Waals surface area contributed by atoms with Crippen LogP contribution in [0.2, 0.25) is 0 Å². The highest BCUT2D eigenvalue weighted by molar-refractivity contribution is 5.57. The lowest BCUT2D eigenvalue weighted by atomic mass is 10.1. The molecule has 100 valence electrons. The SMILES string of the molecule is Cc1cc(N)ccc1NCC1CCN(C(C)C)C1. The Morgan fingerprint density at radius 3 is 2.83 bits per heavy atom. The normalized spacial score (nSPS) is 20.6. The Balaban J connectivity index is 1.85. The number of rotatable bonds is 4. The van der Waals surface area contributed by atoms with Gasteiger partial charge >= 0.3 is 0 Å².